The molecule has 1 unspecified atom stereocenters. The van der Waals surface area contributed by atoms with E-state index in [2.05, 4.69) is 17.4 Å². The molecule has 0 fully saturated rings. The molecule has 1 atom stereocenters. The van der Waals surface area contributed by atoms with Gasteiger partial charge in [-0.1, -0.05) is 29.8 Å². The third kappa shape index (κ3) is 3.90. The van der Waals surface area contributed by atoms with Crippen LogP contribution in [0.1, 0.15) is 17.2 Å². The Morgan fingerprint density at radius 2 is 1.76 bits per heavy atom. The predicted octanol–water partition coefficient (Wildman–Crippen LogP) is 3.86. The van der Waals surface area contributed by atoms with Crippen LogP contribution in [0.25, 0.3) is 0 Å². The number of rotatable bonds is 6. The van der Waals surface area contributed by atoms with E-state index in [0.717, 1.165) is 23.5 Å². The van der Waals surface area contributed by atoms with Crippen LogP contribution < -0.4 is 14.8 Å². The quantitative estimate of drug-likeness (QED) is 0.879. The zero-order chi connectivity index (χ0) is 15.2. The topological polar surface area (TPSA) is 30.5 Å². The van der Waals surface area contributed by atoms with Gasteiger partial charge in [-0.25, -0.2) is 0 Å². The minimum atomic E-state index is 0.158. The molecule has 0 aliphatic heterocycles. The van der Waals surface area contributed by atoms with Gasteiger partial charge in [-0.05, 0) is 43.3 Å². The number of methoxy groups -OCH3 is 2. The highest BCUT2D eigenvalue weighted by Gasteiger charge is 2.15. The van der Waals surface area contributed by atoms with Crippen molar-refractivity contribution in [3.63, 3.8) is 0 Å². The molecular weight excluding hydrogens is 286 g/mol. The minimum absolute atomic E-state index is 0.158. The monoisotopic (exact) mass is 305 g/mol. The van der Waals surface area contributed by atoms with E-state index in [1.54, 1.807) is 14.2 Å². The van der Waals surface area contributed by atoms with Crippen LogP contribution in [0.3, 0.4) is 0 Å². The fraction of sp³-hybridized carbons (Fsp3) is 0.294. The second-order valence-electron chi connectivity index (χ2n) is 4.78. The summed E-state index contributed by atoms with van der Waals surface area (Å²) in [6.45, 7) is 0. The summed E-state index contributed by atoms with van der Waals surface area (Å²) in [5.74, 6) is 1.67. The van der Waals surface area contributed by atoms with Crippen LogP contribution in [0, 0.1) is 0 Å². The Morgan fingerprint density at radius 1 is 1.05 bits per heavy atom. The molecule has 0 heterocycles. The molecule has 0 aliphatic carbocycles. The summed E-state index contributed by atoms with van der Waals surface area (Å²) in [4.78, 5) is 0. The van der Waals surface area contributed by atoms with Gasteiger partial charge in [-0.15, -0.1) is 0 Å². The third-order valence-electron chi connectivity index (χ3n) is 3.52. The van der Waals surface area contributed by atoms with Gasteiger partial charge in [0.05, 0.1) is 14.2 Å². The van der Waals surface area contributed by atoms with Gasteiger partial charge < -0.3 is 14.8 Å². The molecule has 0 bridgehead atoms. The molecule has 2 aromatic carbocycles. The maximum Gasteiger partial charge on any atom is 0.125 e. The number of ether oxygens (including phenoxy) is 2. The molecular formula is C17H20ClNO2. The molecule has 112 valence electrons. The van der Waals surface area contributed by atoms with E-state index in [1.165, 1.54) is 5.56 Å². The summed E-state index contributed by atoms with van der Waals surface area (Å²) in [5.41, 5.74) is 2.33. The SMILES string of the molecule is CNC(Cc1ccc(OC)cc1)c1ccc(Cl)cc1OC. The van der Waals surface area contributed by atoms with Crippen molar-refractivity contribution in [3.05, 3.63) is 58.6 Å². The average molecular weight is 306 g/mol. The molecule has 0 radical (unpaired) electrons. The molecule has 0 saturated heterocycles. The van der Waals surface area contributed by atoms with Gasteiger partial charge in [-0.3, -0.25) is 0 Å². The van der Waals surface area contributed by atoms with Gasteiger partial charge in [0, 0.05) is 16.6 Å². The number of halogens is 1. The lowest BCUT2D eigenvalue weighted by Gasteiger charge is -2.20. The van der Waals surface area contributed by atoms with Crippen LogP contribution in [0.2, 0.25) is 5.02 Å². The maximum atomic E-state index is 6.02. The van der Waals surface area contributed by atoms with E-state index in [0.29, 0.717) is 5.02 Å². The molecule has 3 nitrogen and oxygen atoms in total. The first-order valence-corrected chi connectivity index (χ1v) is 7.19. The van der Waals surface area contributed by atoms with Crippen molar-refractivity contribution in [1.29, 1.82) is 0 Å². The van der Waals surface area contributed by atoms with Crippen molar-refractivity contribution in [2.24, 2.45) is 0 Å². The van der Waals surface area contributed by atoms with Crippen molar-refractivity contribution in [3.8, 4) is 11.5 Å². The molecule has 1 N–H and O–H groups in total. The summed E-state index contributed by atoms with van der Waals surface area (Å²) in [6.07, 6.45) is 0.860. The predicted molar refractivity (Wildman–Crippen MR) is 86.5 cm³/mol. The van der Waals surface area contributed by atoms with Gasteiger partial charge in [-0.2, -0.15) is 0 Å². The molecule has 2 rings (SSSR count). The second kappa shape index (κ2) is 7.34. The number of likely N-dealkylation sites (N-methyl/N-ethyl adjacent to an activating group) is 1. The lowest BCUT2D eigenvalue weighted by molar-refractivity contribution is 0.401. The molecule has 0 aliphatic rings. The van der Waals surface area contributed by atoms with E-state index in [9.17, 15) is 0 Å². The second-order valence-corrected chi connectivity index (χ2v) is 5.22. The summed E-state index contributed by atoms with van der Waals surface area (Å²) in [6, 6.07) is 14.0. The smallest absolute Gasteiger partial charge is 0.125 e. The van der Waals surface area contributed by atoms with E-state index in [-0.39, 0.29) is 6.04 Å². The van der Waals surface area contributed by atoms with Gasteiger partial charge in [0.2, 0.25) is 0 Å². The first-order valence-electron chi connectivity index (χ1n) is 6.81. The van der Waals surface area contributed by atoms with Gasteiger partial charge >= 0.3 is 0 Å². The Labute approximate surface area is 130 Å². The van der Waals surface area contributed by atoms with Gasteiger partial charge in [0.25, 0.3) is 0 Å². The van der Waals surface area contributed by atoms with Crippen molar-refractivity contribution in [2.75, 3.05) is 21.3 Å². The average Bonchev–Trinajstić information content (AvgIpc) is 2.53. The number of hydrogen-bond acceptors (Lipinski definition) is 3. The highest BCUT2D eigenvalue weighted by atomic mass is 35.5. The van der Waals surface area contributed by atoms with Gasteiger partial charge in [0.1, 0.15) is 11.5 Å². The summed E-state index contributed by atoms with van der Waals surface area (Å²) in [7, 11) is 5.28. The highest BCUT2D eigenvalue weighted by molar-refractivity contribution is 6.30. The zero-order valence-corrected chi connectivity index (χ0v) is 13.3. The van der Waals surface area contributed by atoms with Crippen molar-refractivity contribution in [1.82, 2.24) is 5.32 Å². The third-order valence-corrected chi connectivity index (χ3v) is 3.75. The van der Waals surface area contributed by atoms with Crippen LogP contribution in [0.5, 0.6) is 11.5 Å². The van der Waals surface area contributed by atoms with Crippen LogP contribution in [-0.2, 0) is 6.42 Å². The Balaban J connectivity index is 2.22. The largest absolute Gasteiger partial charge is 0.497 e. The zero-order valence-electron chi connectivity index (χ0n) is 12.5. The van der Waals surface area contributed by atoms with Gasteiger partial charge in [0.15, 0.2) is 0 Å². The Morgan fingerprint density at radius 3 is 2.33 bits per heavy atom. The number of nitrogens with one attached hydrogen (secondary N) is 1. The maximum absolute atomic E-state index is 6.02. The molecule has 0 spiro atoms. The van der Waals surface area contributed by atoms with Crippen LogP contribution in [-0.4, -0.2) is 21.3 Å². The van der Waals surface area contributed by atoms with Crippen molar-refractivity contribution < 1.29 is 9.47 Å². The van der Waals surface area contributed by atoms with Crippen molar-refractivity contribution >= 4 is 11.6 Å². The summed E-state index contributed by atoms with van der Waals surface area (Å²) >= 11 is 6.02. The Kier molecular flexibility index (Phi) is 5.48. The molecule has 4 heteroatoms. The molecule has 2 aromatic rings. The normalized spacial score (nSPS) is 12.0. The molecule has 0 saturated carbocycles. The van der Waals surface area contributed by atoms with E-state index in [1.807, 2.05) is 37.4 Å². The van der Waals surface area contributed by atoms with Crippen molar-refractivity contribution in [2.45, 2.75) is 12.5 Å². The fourth-order valence-electron chi connectivity index (χ4n) is 2.34. The van der Waals surface area contributed by atoms with E-state index >= 15 is 0 Å². The lowest BCUT2D eigenvalue weighted by Crippen LogP contribution is -2.19. The van der Waals surface area contributed by atoms with Crippen LogP contribution in [0.4, 0.5) is 0 Å². The molecule has 21 heavy (non-hydrogen) atoms. The summed E-state index contributed by atoms with van der Waals surface area (Å²) in [5, 5.41) is 4.01. The van der Waals surface area contributed by atoms with Crippen LogP contribution in [0.15, 0.2) is 42.5 Å². The van der Waals surface area contributed by atoms with Crippen LogP contribution >= 0.6 is 11.6 Å². The Bertz CT molecular complexity index is 584. The standard InChI is InChI=1S/C17H20ClNO2/c1-19-16(10-12-4-7-14(20-2)8-5-12)15-9-6-13(18)11-17(15)21-3/h4-9,11,16,19H,10H2,1-3H3. The first-order chi connectivity index (χ1) is 10.2. The Hall–Kier alpha value is -1.71. The number of hydrogen-bond donors (Lipinski definition) is 1. The lowest BCUT2D eigenvalue weighted by atomic mass is 9.98. The molecule has 0 aromatic heterocycles. The fourth-order valence-corrected chi connectivity index (χ4v) is 2.50. The molecule has 0 amide bonds. The minimum Gasteiger partial charge on any atom is -0.497 e. The highest BCUT2D eigenvalue weighted by Crippen LogP contribution is 2.30. The summed E-state index contributed by atoms with van der Waals surface area (Å²) < 4.78 is 10.6. The van der Waals surface area contributed by atoms with E-state index in [4.69, 9.17) is 21.1 Å². The number of benzene rings is 2. The van der Waals surface area contributed by atoms with E-state index < -0.39 is 0 Å². The first kappa shape index (κ1) is 15.7.